The lowest BCUT2D eigenvalue weighted by Gasteiger charge is -2.14. The second kappa shape index (κ2) is 6.03. The summed E-state index contributed by atoms with van der Waals surface area (Å²) in [6.07, 6.45) is 1.00. The number of fused-ring (bicyclic) bond motifs is 1. The van der Waals surface area contributed by atoms with Crippen molar-refractivity contribution in [3.05, 3.63) is 82.9 Å². The maximum absolute atomic E-state index is 3.88. The first-order valence-electron chi connectivity index (χ1n) is 7.32. The molecule has 0 saturated carbocycles. The van der Waals surface area contributed by atoms with Crippen LogP contribution in [0, 0.1) is 13.8 Å². The van der Waals surface area contributed by atoms with Crippen LogP contribution in [0.4, 0.5) is 0 Å². The molecule has 0 aliphatic carbocycles. The Bertz CT molecular complexity index is 748. The fourth-order valence-electron chi connectivity index (χ4n) is 2.97. The zero-order valence-corrected chi connectivity index (χ0v) is 14.0. The lowest BCUT2D eigenvalue weighted by atomic mass is 9.97. The van der Waals surface area contributed by atoms with Gasteiger partial charge in [-0.1, -0.05) is 87.7 Å². The normalized spacial score (nSPS) is 12.5. The second-order valence-electron chi connectivity index (χ2n) is 5.73. The number of hydrogen-bond acceptors (Lipinski definition) is 0. The van der Waals surface area contributed by atoms with Gasteiger partial charge in [0.25, 0.3) is 0 Å². The van der Waals surface area contributed by atoms with Gasteiger partial charge in [0.1, 0.15) is 0 Å². The zero-order valence-electron chi connectivity index (χ0n) is 12.4. The van der Waals surface area contributed by atoms with Crippen LogP contribution in [-0.2, 0) is 6.42 Å². The summed E-state index contributed by atoms with van der Waals surface area (Å²) in [5, 5.41) is 2.67. The van der Waals surface area contributed by atoms with Crippen molar-refractivity contribution < 1.29 is 0 Å². The van der Waals surface area contributed by atoms with Gasteiger partial charge in [-0.25, -0.2) is 0 Å². The van der Waals surface area contributed by atoms with Gasteiger partial charge in [-0.15, -0.1) is 0 Å². The predicted molar refractivity (Wildman–Crippen MR) is 95.2 cm³/mol. The van der Waals surface area contributed by atoms with Gasteiger partial charge in [-0.3, -0.25) is 0 Å². The molecule has 0 aromatic heterocycles. The van der Waals surface area contributed by atoms with Crippen LogP contribution in [0.1, 0.15) is 27.1 Å². The number of hydrogen-bond donors (Lipinski definition) is 0. The Morgan fingerprint density at radius 1 is 0.857 bits per heavy atom. The van der Waals surface area contributed by atoms with E-state index >= 15 is 0 Å². The summed E-state index contributed by atoms with van der Waals surface area (Å²) in [5.74, 6) is 0. The quantitative estimate of drug-likeness (QED) is 0.503. The largest absolute Gasteiger partial charge is 0.0835 e. The Labute approximate surface area is 134 Å². The number of halogens is 1. The van der Waals surface area contributed by atoms with Gasteiger partial charge in [0.05, 0.1) is 0 Å². The molecule has 0 amide bonds. The molecule has 0 fully saturated rings. The first-order valence-corrected chi connectivity index (χ1v) is 8.24. The van der Waals surface area contributed by atoms with Crippen molar-refractivity contribution in [3.63, 3.8) is 0 Å². The highest BCUT2D eigenvalue weighted by Crippen LogP contribution is 2.31. The second-order valence-corrected chi connectivity index (χ2v) is 6.84. The topological polar surface area (TPSA) is 0 Å². The third-order valence-corrected chi connectivity index (χ3v) is 4.74. The summed E-state index contributed by atoms with van der Waals surface area (Å²) in [6.45, 7) is 4.32. The predicted octanol–water partition coefficient (Wildman–Crippen LogP) is 6.14. The standard InChI is InChI=1S/C20H19Br/c1-14-10-15(2)12-18(11-14)20(21)13-17-8-5-7-16-6-3-4-9-19(16)17/h3-12,20H,13H2,1-2H3. The first-order chi connectivity index (χ1) is 10.1. The van der Waals surface area contributed by atoms with Crippen molar-refractivity contribution in [1.29, 1.82) is 0 Å². The van der Waals surface area contributed by atoms with E-state index in [2.05, 4.69) is 90.4 Å². The third-order valence-electron chi connectivity index (χ3n) is 3.88. The summed E-state index contributed by atoms with van der Waals surface area (Å²) in [6, 6.07) is 21.9. The Kier molecular flexibility index (Phi) is 4.12. The fourth-order valence-corrected chi connectivity index (χ4v) is 3.59. The zero-order chi connectivity index (χ0) is 14.8. The van der Waals surface area contributed by atoms with Crippen molar-refractivity contribution in [1.82, 2.24) is 0 Å². The lowest BCUT2D eigenvalue weighted by Crippen LogP contribution is -1.97. The molecule has 106 valence electrons. The van der Waals surface area contributed by atoms with Crippen molar-refractivity contribution >= 4 is 26.7 Å². The molecular weight excluding hydrogens is 320 g/mol. The average molecular weight is 339 g/mol. The maximum atomic E-state index is 3.88. The minimum Gasteiger partial charge on any atom is -0.0835 e. The molecule has 3 rings (SSSR count). The number of alkyl halides is 1. The van der Waals surface area contributed by atoms with E-state index in [1.807, 2.05) is 0 Å². The summed E-state index contributed by atoms with van der Waals surface area (Å²) in [7, 11) is 0. The Morgan fingerprint density at radius 2 is 1.52 bits per heavy atom. The van der Waals surface area contributed by atoms with Crippen LogP contribution in [0.5, 0.6) is 0 Å². The molecule has 1 unspecified atom stereocenters. The lowest BCUT2D eigenvalue weighted by molar-refractivity contribution is 0.952. The van der Waals surface area contributed by atoms with E-state index in [1.165, 1.54) is 33.0 Å². The van der Waals surface area contributed by atoms with Crippen LogP contribution in [0.25, 0.3) is 10.8 Å². The Balaban J connectivity index is 1.94. The molecule has 0 bridgehead atoms. The molecule has 0 saturated heterocycles. The van der Waals surface area contributed by atoms with Crippen molar-refractivity contribution in [3.8, 4) is 0 Å². The maximum Gasteiger partial charge on any atom is 0.0436 e. The molecule has 3 aromatic carbocycles. The van der Waals surface area contributed by atoms with E-state index in [0.717, 1.165) is 6.42 Å². The van der Waals surface area contributed by atoms with Crippen molar-refractivity contribution in [2.75, 3.05) is 0 Å². The molecule has 3 aromatic rings. The van der Waals surface area contributed by atoms with Gasteiger partial charge in [0.15, 0.2) is 0 Å². The summed E-state index contributed by atoms with van der Waals surface area (Å²) in [4.78, 5) is 0.349. The molecule has 0 aliphatic rings. The summed E-state index contributed by atoms with van der Waals surface area (Å²) in [5.41, 5.74) is 5.41. The van der Waals surface area contributed by atoms with Crippen molar-refractivity contribution in [2.45, 2.75) is 25.1 Å². The van der Waals surface area contributed by atoms with Crippen LogP contribution < -0.4 is 0 Å². The van der Waals surface area contributed by atoms with Crippen LogP contribution >= 0.6 is 15.9 Å². The van der Waals surface area contributed by atoms with E-state index < -0.39 is 0 Å². The minimum absolute atomic E-state index is 0.349. The van der Waals surface area contributed by atoms with Gasteiger partial charge in [-0.2, -0.15) is 0 Å². The van der Waals surface area contributed by atoms with E-state index in [1.54, 1.807) is 0 Å². The number of rotatable bonds is 3. The molecule has 21 heavy (non-hydrogen) atoms. The molecule has 0 heterocycles. The third kappa shape index (κ3) is 3.19. The summed E-state index contributed by atoms with van der Waals surface area (Å²) >= 11 is 3.88. The smallest absolute Gasteiger partial charge is 0.0436 e. The SMILES string of the molecule is Cc1cc(C)cc(C(Br)Cc2cccc3ccccc23)c1. The first kappa shape index (κ1) is 14.3. The van der Waals surface area contributed by atoms with Gasteiger partial charge in [-0.05, 0) is 42.2 Å². The number of benzene rings is 3. The average Bonchev–Trinajstić information content (AvgIpc) is 2.46. The molecular formula is C20H19Br. The molecule has 0 radical (unpaired) electrons. The van der Waals surface area contributed by atoms with E-state index in [0.29, 0.717) is 4.83 Å². The van der Waals surface area contributed by atoms with Gasteiger partial charge in [0, 0.05) is 4.83 Å². The number of aryl methyl sites for hydroxylation is 2. The molecule has 1 heteroatoms. The highest BCUT2D eigenvalue weighted by Gasteiger charge is 2.11. The van der Waals surface area contributed by atoms with Crippen LogP contribution in [0.2, 0.25) is 0 Å². The molecule has 0 aliphatic heterocycles. The van der Waals surface area contributed by atoms with Crippen LogP contribution in [0.15, 0.2) is 60.7 Å². The molecule has 0 N–H and O–H groups in total. The van der Waals surface area contributed by atoms with Gasteiger partial charge >= 0.3 is 0 Å². The molecule has 0 nitrogen and oxygen atoms in total. The monoisotopic (exact) mass is 338 g/mol. The van der Waals surface area contributed by atoms with Gasteiger partial charge < -0.3 is 0 Å². The Hall–Kier alpha value is -1.60. The van der Waals surface area contributed by atoms with Crippen LogP contribution in [-0.4, -0.2) is 0 Å². The van der Waals surface area contributed by atoms with Gasteiger partial charge in [0.2, 0.25) is 0 Å². The minimum atomic E-state index is 0.349. The molecule has 0 spiro atoms. The Morgan fingerprint density at radius 3 is 2.29 bits per heavy atom. The van der Waals surface area contributed by atoms with Crippen LogP contribution in [0.3, 0.4) is 0 Å². The van der Waals surface area contributed by atoms with Crippen molar-refractivity contribution in [2.24, 2.45) is 0 Å². The fraction of sp³-hybridized carbons (Fsp3) is 0.200. The van der Waals surface area contributed by atoms with E-state index in [4.69, 9.17) is 0 Å². The highest BCUT2D eigenvalue weighted by atomic mass is 79.9. The van der Waals surface area contributed by atoms with E-state index in [9.17, 15) is 0 Å². The highest BCUT2D eigenvalue weighted by molar-refractivity contribution is 9.09. The van der Waals surface area contributed by atoms with E-state index in [-0.39, 0.29) is 0 Å². The summed E-state index contributed by atoms with van der Waals surface area (Å²) < 4.78 is 0. The molecule has 1 atom stereocenters.